The van der Waals surface area contributed by atoms with E-state index in [0.717, 1.165) is 11.1 Å². The summed E-state index contributed by atoms with van der Waals surface area (Å²) >= 11 is 0. The van der Waals surface area contributed by atoms with Crippen molar-refractivity contribution in [2.75, 3.05) is 5.32 Å². The van der Waals surface area contributed by atoms with Crippen LogP contribution in [-0.2, 0) is 6.54 Å². The van der Waals surface area contributed by atoms with Crippen molar-refractivity contribution >= 4 is 16.6 Å². The van der Waals surface area contributed by atoms with E-state index in [1.807, 2.05) is 24.3 Å². The lowest BCUT2D eigenvalue weighted by Crippen LogP contribution is -2.08. The molecule has 1 aromatic heterocycles. The van der Waals surface area contributed by atoms with Gasteiger partial charge < -0.3 is 10.4 Å². The van der Waals surface area contributed by atoms with E-state index in [4.69, 9.17) is 0 Å². The van der Waals surface area contributed by atoms with Gasteiger partial charge in [0, 0.05) is 11.1 Å². The molecule has 3 rings (SSSR count). The quantitative estimate of drug-likeness (QED) is 0.620. The topological polar surface area (TPSA) is 45.1 Å². The van der Waals surface area contributed by atoms with Gasteiger partial charge in [-0.3, -0.25) is 0 Å². The van der Waals surface area contributed by atoms with Crippen molar-refractivity contribution in [2.45, 2.75) is 46.1 Å². The molecule has 1 heterocycles. The fraction of sp³-hybridized carbons (Fsp3) is 0.318. The first-order valence-corrected chi connectivity index (χ1v) is 8.91. The van der Waals surface area contributed by atoms with Gasteiger partial charge in [-0.25, -0.2) is 4.98 Å². The number of aromatic hydroxyl groups is 1. The van der Waals surface area contributed by atoms with Crippen LogP contribution in [0.5, 0.6) is 5.75 Å². The minimum Gasteiger partial charge on any atom is -0.506 e. The van der Waals surface area contributed by atoms with Crippen LogP contribution in [0.4, 0.5) is 5.69 Å². The molecule has 25 heavy (non-hydrogen) atoms. The van der Waals surface area contributed by atoms with Crippen LogP contribution in [0, 0.1) is 0 Å². The molecule has 2 aromatic carbocycles. The Hall–Kier alpha value is -2.55. The zero-order valence-electron chi connectivity index (χ0n) is 15.4. The maximum absolute atomic E-state index is 10.0. The number of rotatable bonds is 5. The summed E-state index contributed by atoms with van der Waals surface area (Å²) in [4.78, 5) is 4.63. The Labute approximate surface area is 149 Å². The number of anilines is 1. The van der Waals surface area contributed by atoms with Crippen LogP contribution in [0.1, 0.15) is 56.4 Å². The van der Waals surface area contributed by atoms with E-state index in [0.29, 0.717) is 23.9 Å². The number of hydrogen-bond donors (Lipinski definition) is 2. The van der Waals surface area contributed by atoms with Crippen molar-refractivity contribution in [2.24, 2.45) is 0 Å². The lowest BCUT2D eigenvalue weighted by molar-refractivity contribution is 0.480. The van der Waals surface area contributed by atoms with Gasteiger partial charge in [0.25, 0.3) is 0 Å². The van der Waals surface area contributed by atoms with Gasteiger partial charge in [0.2, 0.25) is 0 Å². The molecule has 130 valence electrons. The Morgan fingerprint density at radius 3 is 2.16 bits per heavy atom. The summed E-state index contributed by atoms with van der Waals surface area (Å²) in [5.74, 6) is 1.13. The smallest absolute Gasteiger partial charge is 0.141 e. The van der Waals surface area contributed by atoms with E-state index >= 15 is 0 Å². The summed E-state index contributed by atoms with van der Waals surface area (Å²) in [5, 5.41) is 14.6. The van der Waals surface area contributed by atoms with Crippen molar-refractivity contribution in [3.63, 3.8) is 0 Å². The molecule has 0 saturated carbocycles. The Bertz CT molecular complexity index is 858. The highest BCUT2D eigenvalue weighted by atomic mass is 16.3. The van der Waals surface area contributed by atoms with Crippen molar-refractivity contribution in [1.29, 1.82) is 0 Å². The number of hydrogen-bond acceptors (Lipinski definition) is 3. The summed E-state index contributed by atoms with van der Waals surface area (Å²) in [6, 6.07) is 16.0. The lowest BCUT2D eigenvalue weighted by Gasteiger charge is -2.21. The summed E-state index contributed by atoms with van der Waals surface area (Å²) < 4.78 is 0. The van der Waals surface area contributed by atoms with Crippen molar-refractivity contribution in [3.8, 4) is 5.75 Å². The van der Waals surface area contributed by atoms with E-state index < -0.39 is 0 Å². The summed E-state index contributed by atoms with van der Waals surface area (Å²) in [7, 11) is 0. The standard InChI is InChI=1S/C22H26N2O/c1-14(2)18-8-6-9-19(15(3)4)22(18)23-13-17-12-11-16-7-5-10-20(25)21(16)24-17/h5-12,14-15,23,25H,13H2,1-4H3. The maximum atomic E-state index is 10.0. The maximum Gasteiger partial charge on any atom is 0.141 e. The van der Waals surface area contributed by atoms with Gasteiger partial charge in [-0.15, -0.1) is 0 Å². The highest BCUT2D eigenvalue weighted by Crippen LogP contribution is 2.32. The second-order valence-electron chi connectivity index (χ2n) is 7.13. The molecular formula is C22H26N2O. The second-order valence-corrected chi connectivity index (χ2v) is 7.13. The molecule has 0 aliphatic carbocycles. The van der Waals surface area contributed by atoms with Gasteiger partial charge in [-0.2, -0.15) is 0 Å². The number of phenols is 1. The average molecular weight is 334 g/mol. The first-order valence-electron chi connectivity index (χ1n) is 8.91. The molecule has 3 aromatic rings. The number of fused-ring (bicyclic) bond motifs is 1. The number of phenolic OH excluding ortho intramolecular Hbond substituents is 1. The molecule has 0 amide bonds. The third-order valence-corrected chi connectivity index (χ3v) is 4.58. The van der Waals surface area contributed by atoms with Crippen LogP contribution in [-0.4, -0.2) is 10.1 Å². The first-order chi connectivity index (χ1) is 12.0. The number of nitrogens with zero attached hydrogens (tertiary/aromatic N) is 1. The molecule has 0 atom stereocenters. The van der Waals surface area contributed by atoms with Gasteiger partial charge in [0.05, 0.1) is 12.2 Å². The molecule has 0 unspecified atom stereocenters. The molecule has 0 saturated heterocycles. The number of para-hydroxylation sites is 2. The summed E-state index contributed by atoms with van der Waals surface area (Å²) in [5.41, 5.74) is 5.45. The number of nitrogens with one attached hydrogen (secondary N) is 1. The third kappa shape index (κ3) is 3.60. The predicted octanol–water partition coefficient (Wildman–Crippen LogP) is 5.80. The summed E-state index contributed by atoms with van der Waals surface area (Å²) in [6.45, 7) is 9.51. The number of benzene rings is 2. The minimum atomic E-state index is 0.227. The predicted molar refractivity (Wildman–Crippen MR) is 105 cm³/mol. The molecule has 3 nitrogen and oxygen atoms in total. The Morgan fingerprint density at radius 1 is 0.880 bits per heavy atom. The number of aromatic nitrogens is 1. The third-order valence-electron chi connectivity index (χ3n) is 4.58. The molecule has 0 bridgehead atoms. The van der Waals surface area contributed by atoms with Crippen LogP contribution < -0.4 is 5.32 Å². The second kappa shape index (κ2) is 7.14. The van der Waals surface area contributed by atoms with E-state index in [-0.39, 0.29) is 5.75 Å². The molecule has 0 aliphatic rings. The summed E-state index contributed by atoms with van der Waals surface area (Å²) in [6.07, 6.45) is 0. The van der Waals surface area contributed by atoms with E-state index in [2.05, 4.69) is 56.2 Å². The van der Waals surface area contributed by atoms with E-state index in [1.54, 1.807) is 6.07 Å². The molecule has 0 radical (unpaired) electrons. The van der Waals surface area contributed by atoms with Crippen LogP contribution in [0.25, 0.3) is 10.9 Å². The average Bonchev–Trinajstić information content (AvgIpc) is 2.60. The monoisotopic (exact) mass is 334 g/mol. The zero-order chi connectivity index (χ0) is 18.0. The zero-order valence-corrected chi connectivity index (χ0v) is 15.4. The molecule has 3 heteroatoms. The molecule has 0 aliphatic heterocycles. The molecule has 2 N–H and O–H groups in total. The Morgan fingerprint density at radius 2 is 1.52 bits per heavy atom. The van der Waals surface area contributed by atoms with Gasteiger partial charge >= 0.3 is 0 Å². The van der Waals surface area contributed by atoms with Crippen LogP contribution in [0.2, 0.25) is 0 Å². The minimum absolute atomic E-state index is 0.227. The van der Waals surface area contributed by atoms with Crippen molar-refractivity contribution < 1.29 is 5.11 Å². The van der Waals surface area contributed by atoms with Gasteiger partial charge in [0.15, 0.2) is 0 Å². The molecular weight excluding hydrogens is 308 g/mol. The van der Waals surface area contributed by atoms with E-state index in [9.17, 15) is 5.11 Å². The fourth-order valence-electron chi connectivity index (χ4n) is 3.20. The van der Waals surface area contributed by atoms with Gasteiger partial charge in [-0.05, 0) is 35.1 Å². The van der Waals surface area contributed by atoms with Crippen LogP contribution in [0.3, 0.4) is 0 Å². The largest absolute Gasteiger partial charge is 0.506 e. The van der Waals surface area contributed by atoms with E-state index in [1.165, 1.54) is 16.8 Å². The van der Waals surface area contributed by atoms with Crippen molar-refractivity contribution in [1.82, 2.24) is 4.98 Å². The highest BCUT2D eigenvalue weighted by Gasteiger charge is 2.13. The SMILES string of the molecule is CC(C)c1cccc(C(C)C)c1NCc1ccc2cccc(O)c2n1. The van der Waals surface area contributed by atoms with Crippen molar-refractivity contribution in [3.05, 3.63) is 65.4 Å². The first kappa shape index (κ1) is 17.3. The Balaban J connectivity index is 1.92. The number of pyridine rings is 1. The van der Waals surface area contributed by atoms with Crippen LogP contribution in [0.15, 0.2) is 48.5 Å². The lowest BCUT2D eigenvalue weighted by atomic mass is 9.92. The molecule has 0 fully saturated rings. The molecule has 0 spiro atoms. The van der Waals surface area contributed by atoms with Gasteiger partial charge in [0.1, 0.15) is 11.3 Å². The highest BCUT2D eigenvalue weighted by molar-refractivity contribution is 5.84. The fourth-order valence-corrected chi connectivity index (χ4v) is 3.20. The normalized spacial score (nSPS) is 11.4. The van der Waals surface area contributed by atoms with Crippen LogP contribution >= 0.6 is 0 Å². The van der Waals surface area contributed by atoms with Gasteiger partial charge in [-0.1, -0.05) is 64.1 Å². The Kier molecular flexibility index (Phi) is 4.93.